The molecule has 0 N–H and O–H groups in total. The van der Waals surface area contributed by atoms with Gasteiger partial charge >= 0.3 is 48.0 Å². The van der Waals surface area contributed by atoms with Crippen LogP contribution >= 0.6 is 10.2 Å². The Balaban J connectivity index is 2.55. The van der Waals surface area contributed by atoms with Gasteiger partial charge in [0.1, 0.15) is 0 Å². The molecule has 0 amide bonds. The van der Waals surface area contributed by atoms with Crippen LogP contribution in [0.15, 0.2) is 7.05 Å². The standard InChI is InChI=1S/CH3AsN2S2/c1-2-3-6-4-5-2/h1H3. The van der Waals surface area contributed by atoms with Crippen LogP contribution in [-0.4, -0.2) is 13.7 Å². The summed E-state index contributed by atoms with van der Waals surface area (Å²) >= 11 is 0.594. The normalized spacial score (nSPS) is 30.5. The van der Waals surface area contributed by atoms with E-state index in [1.165, 1.54) is 11.4 Å². The van der Waals surface area contributed by atoms with Gasteiger partial charge in [-0.3, -0.25) is 0 Å². The summed E-state index contributed by atoms with van der Waals surface area (Å²) in [5.74, 6) is 0. The van der Waals surface area contributed by atoms with Crippen molar-refractivity contribution in [2.45, 2.75) is 5.71 Å². The van der Waals surface area contributed by atoms with Gasteiger partial charge in [0.15, 0.2) is 0 Å². The Morgan fingerprint density at radius 3 is 2.67 bits per heavy atom. The van der Waals surface area contributed by atoms with Gasteiger partial charge in [-0.15, -0.1) is 0 Å². The van der Waals surface area contributed by atoms with E-state index in [1.54, 1.807) is 10.2 Å². The third-order valence-corrected chi connectivity index (χ3v) is 7.10. The molecule has 6 heavy (non-hydrogen) atoms. The molecule has 0 aliphatic carbocycles. The zero-order valence-corrected chi connectivity index (χ0v) is 6.67. The Morgan fingerprint density at radius 1 is 1.67 bits per heavy atom. The van der Waals surface area contributed by atoms with Gasteiger partial charge in [-0.2, -0.15) is 0 Å². The van der Waals surface area contributed by atoms with Crippen molar-refractivity contribution in [3.05, 3.63) is 0 Å². The Morgan fingerprint density at radius 2 is 2.50 bits per heavy atom. The third kappa shape index (κ3) is 1.10. The fraction of sp³-hybridized carbons (Fsp3) is 1.00. The summed E-state index contributed by atoms with van der Waals surface area (Å²) in [7, 11) is 1.66. The molecule has 0 bridgehead atoms. The Labute approximate surface area is 48.2 Å². The maximum absolute atomic E-state index is 4.09. The summed E-state index contributed by atoms with van der Waals surface area (Å²) in [6.45, 7) is 0. The molecule has 0 aromatic rings. The minimum absolute atomic E-state index is 0.766. The van der Waals surface area contributed by atoms with Crippen LogP contribution in [0.1, 0.15) is 0 Å². The van der Waals surface area contributed by atoms with Crippen LogP contribution in [0.5, 0.6) is 0 Å². The van der Waals surface area contributed by atoms with Gasteiger partial charge in [0, 0.05) is 0 Å². The number of hydrogen-bond donors (Lipinski definition) is 0. The molecule has 2 nitrogen and oxygen atoms in total. The topological polar surface area (TPSA) is 24.7 Å². The van der Waals surface area contributed by atoms with Gasteiger partial charge in [0.2, 0.25) is 0 Å². The van der Waals surface area contributed by atoms with E-state index in [0.717, 1.165) is 0 Å². The van der Waals surface area contributed by atoms with Gasteiger partial charge < -0.3 is 0 Å². The van der Waals surface area contributed by atoms with Crippen molar-refractivity contribution >= 4 is 35.3 Å². The first kappa shape index (κ1) is 4.88. The van der Waals surface area contributed by atoms with Crippen molar-refractivity contribution in [3.8, 4) is 0 Å². The molecule has 1 rings (SSSR count). The Kier molecular flexibility index (Phi) is 1.74. The van der Waals surface area contributed by atoms with Crippen LogP contribution in [0.25, 0.3) is 0 Å². The zero-order chi connectivity index (χ0) is 4.41. The van der Waals surface area contributed by atoms with E-state index in [2.05, 4.69) is 12.8 Å². The summed E-state index contributed by atoms with van der Waals surface area (Å²) in [6, 6.07) is 0. The molecule has 0 saturated carbocycles. The average molecular weight is 182 g/mol. The molecule has 1 unspecified atom stereocenters. The summed E-state index contributed by atoms with van der Waals surface area (Å²) < 4.78 is 7.99. The molecule has 34 valence electrons. The van der Waals surface area contributed by atoms with Crippen molar-refractivity contribution in [1.29, 1.82) is 0 Å². The molecular weight excluding hydrogens is 179 g/mol. The first-order valence-electron chi connectivity index (χ1n) is 1.38. The molecule has 1 aliphatic rings. The first-order chi connectivity index (χ1) is 2.89. The third-order valence-electron chi connectivity index (χ3n) is 0.336. The second-order valence-electron chi connectivity index (χ2n) is 0.784. The van der Waals surface area contributed by atoms with E-state index in [9.17, 15) is 0 Å². The molecule has 5 heteroatoms. The predicted molar refractivity (Wildman–Crippen MR) is 31.4 cm³/mol. The molecule has 0 saturated heterocycles. The average Bonchev–Trinajstić information content (AvgIpc) is 1.86. The van der Waals surface area contributed by atoms with Gasteiger partial charge in [-0.1, -0.05) is 0 Å². The summed E-state index contributed by atoms with van der Waals surface area (Å²) in [4.78, 5) is 0. The summed E-state index contributed by atoms with van der Waals surface area (Å²) in [5, 5.41) is 0. The Bertz CT molecular complexity index is 106. The number of rotatable bonds is 0. The quantitative estimate of drug-likeness (QED) is 0.408. The summed E-state index contributed by atoms with van der Waals surface area (Å²) in [5.41, 5.74) is 2.17. The van der Waals surface area contributed by atoms with Crippen LogP contribution < -0.4 is 0 Å². The summed E-state index contributed by atoms with van der Waals surface area (Å²) in [6.07, 6.45) is 0. The second-order valence-corrected chi connectivity index (χ2v) is 8.62. The molecule has 0 radical (unpaired) electrons. The van der Waals surface area contributed by atoms with Crippen LogP contribution in [0, 0.1) is 0 Å². The molecular formula is CH3AsN2S2. The molecule has 0 fully saturated rings. The zero-order valence-electron chi connectivity index (χ0n) is 3.16. The molecule has 0 spiro atoms. The maximum atomic E-state index is 4.09. The van der Waals surface area contributed by atoms with E-state index < -0.39 is 13.7 Å². The van der Waals surface area contributed by atoms with Gasteiger partial charge in [0.05, 0.1) is 0 Å². The minimum atomic E-state index is -0.766. The van der Waals surface area contributed by atoms with Gasteiger partial charge in [0.25, 0.3) is 0 Å². The Hall–Kier alpha value is 0.728. The van der Waals surface area contributed by atoms with Crippen molar-refractivity contribution in [2.24, 2.45) is 7.05 Å². The predicted octanol–water partition coefficient (Wildman–Crippen LogP) is 1.22. The van der Waals surface area contributed by atoms with E-state index in [4.69, 9.17) is 0 Å². The van der Waals surface area contributed by atoms with E-state index in [1.807, 2.05) is 0 Å². The van der Waals surface area contributed by atoms with E-state index >= 15 is 0 Å². The van der Waals surface area contributed by atoms with Gasteiger partial charge in [-0.05, 0) is 0 Å². The van der Waals surface area contributed by atoms with Crippen LogP contribution in [0.4, 0.5) is 0 Å². The van der Waals surface area contributed by atoms with Crippen molar-refractivity contribution < 1.29 is 0 Å². The second kappa shape index (κ2) is 2.14. The van der Waals surface area contributed by atoms with Gasteiger partial charge in [-0.25, -0.2) is 0 Å². The van der Waals surface area contributed by atoms with Crippen molar-refractivity contribution in [3.63, 3.8) is 0 Å². The number of nitrogens with zero attached hydrogens (tertiary/aromatic N) is 2. The van der Waals surface area contributed by atoms with E-state index in [-0.39, 0.29) is 0 Å². The molecule has 0 aromatic carbocycles. The molecule has 0 aromatic heterocycles. The SMILES string of the molecule is C[As]1N=S=NS1. The van der Waals surface area contributed by atoms with Crippen LogP contribution in [0.2, 0.25) is 5.71 Å². The van der Waals surface area contributed by atoms with Crippen molar-refractivity contribution in [1.82, 2.24) is 0 Å². The number of hydrogen-bond acceptors (Lipinski definition) is 3. The first-order valence-corrected chi connectivity index (χ1v) is 7.85. The van der Waals surface area contributed by atoms with Crippen LogP contribution in [0.3, 0.4) is 0 Å². The molecule has 1 aliphatic heterocycles. The van der Waals surface area contributed by atoms with Crippen molar-refractivity contribution in [2.75, 3.05) is 0 Å². The fourth-order valence-electron chi connectivity index (χ4n) is 0.144. The molecule has 1 atom stereocenters. The van der Waals surface area contributed by atoms with Crippen LogP contribution in [-0.2, 0) is 11.4 Å². The molecule has 1 heterocycles. The van der Waals surface area contributed by atoms with E-state index in [0.29, 0.717) is 0 Å². The monoisotopic (exact) mass is 182 g/mol. The fourth-order valence-corrected chi connectivity index (χ4v) is 5.61.